The van der Waals surface area contributed by atoms with Gasteiger partial charge in [0, 0.05) is 19.0 Å². The van der Waals surface area contributed by atoms with E-state index >= 15 is 0 Å². The van der Waals surface area contributed by atoms with Gasteiger partial charge in [0.15, 0.2) is 0 Å². The molecule has 1 heterocycles. The van der Waals surface area contributed by atoms with Crippen molar-refractivity contribution in [2.75, 3.05) is 13.1 Å². The van der Waals surface area contributed by atoms with E-state index in [1.807, 2.05) is 27.7 Å². The van der Waals surface area contributed by atoms with E-state index in [4.69, 9.17) is 5.26 Å². The minimum atomic E-state index is 0.0578. The Morgan fingerprint density at radius 2 is 2.07 bits per heavy atom. The number of hydrogen-bond donors (Lipinski definition) is 0. The summed E-state index contributed by atoms with van der Waals surface area (Å²) < 4.78 is 0. The molecule has 0 aromatic rings. The smallest absolute Gasteiger partial charge is 0.225 e. The Bertz CT molecular complexity index is 218. The van der Waals surface area contributed by atoms with Crippen LogP contribution < -0.4 is 0 Å². The maximum absolute atomic E-state index is 11.4. The zero-order chi connectivity index (χ0) is 11.1. The first-order valence-corrected chi connectivity index (χ1v) is 5.33. The van der Waals surface area contributed by atoms with Crippen LogP contribution in [0.3, 0.4) is 0 Å². The average Bonchev–Trinajstić information content (AvgIpc) is 2.67. The Kier molecular flexibility index (Phi) is 5.94. The van der Waals surface area contributed by atoms with Gasteiger partial charge >= 0.3 is 0 Å². The molecule has 0 aliphatic carbocycles. The van der Waals surface area contributed by atoms with Crippen molar-refractivity contribution in [1.29, 1.82) is 5.26 Å². The molecule has 0 bridgehead atoms. The van der Waals surface area contributed by atoms with Crippen molar-refractivity contribution in [3.8, 4) is 6.07 Å². The molecule has 0 spiro atoms. The van der Waals surface area contributed by atoms with Crippen LogP contribution >= 0.6 is 0 Å². The Labute approximate surface area is 86.7 Å². The largest absolute Gasteiger partial charge is 0.341 e. The SMILES string of the molecule is CC.CC(C)C(=O)N1CCC(C#N)C1. The number of carbonyl (C=O) groups excluding carboxylic acids is 1. The molecule has 80 valence electrons. The number of hydrogen-bond acceptors (Lipinski definition) is 2. The molecule has 1 aliphatic heterocycles. The van der Waals surface area contributed by atoms with Crippen molar-refractivity contribution < 1.29 is 4.79 Å². The van der Waals surface area contributed by atoms with Crippen LogP contribution in [0.4, 0.5) is 0 Å². The predicted molar refractivity (Wildman–Crippen MR) is 56.5 cm³/mol. The van der Waals surface area contributed by atoms with Gasteiger partial charge in [-0.05, 0) is 6.42 Å². The lowest BCUT2D eigenvalue weighted by molar-refractivity contribution is -0.133. The number of amides is 1. The Morgan fingerprint density at radius 3 is 2.43 bits per heavy atom. The molecule has 1 fully saturated rings. The highest BCUT2D eigenvalue weighted by atomic mass is 16.2. The molecule has 1 amide bonds. The molecule has 1 atom stereocenters. The van der Waals surface area contributed by atoms with Gasteiger partial charge in [0.1, 0.15) is 0 Å². The van der Waals surface area contributed by atoms with E-state index in [0.29, 0.717) is 6.54 Å². The molecule has 1 saturated heterocycles. The summed E-state index contributed by atoms with van der Waals surface area (Å²) in [5.41, 5.74) is 0. The van der Waals surface area contributed by atoms with Crippen LogP contribution in [0.25, 0.3) is 0 Å². The molecule has 0 radical (unpaired) electrons. The van der Waals surface area contributed by atoms with Crippen LogP contribution in [0.1, 0.15) is 34.1 Å². The van der Waals surface area contributed by atoms with Crippen molar-refractivity contribution >= 4 is 5.91 Å². The van der Waals surface area contributed by atoms with Crippen LogP contribution in [-0.4, -0.2) is 23.9 Å². The van der Waals surface area contributed by atoms with Crippen LogP contribution in [0.2, 0.25) is 0 Å². The van der Waals surface area contributed by atoms with Gasteiger partial charge in [0.05, 0.1) is 12.0 Å². The van der Waals surface area contributed by atoms with E-state index in [1.54, 1.807) is 4.90 Å². The minimum absolute atomic E-state index is 0.0578. The van der Waals surface area contributed by atoms with Crippen molar-refractivity contribution in [3.63, 3.8) is 0 Å². The fraction of sp³-hybridized carbons (Fsp3) is 0.818. The maximum Gasteiger partial charge on any atom is 0.225 e. The highest BCUT2D eigenvalue weighted by Gasteiger charge is 2.26. The molecular weight excluding hydrogens is 176 g/mol. The fourth-order valence-corrected chi connectivity index (χ4v) is 1.43. The van der Waals surface area contributed by atoms with Gasteiger partial charge in [-0.1, -0.05) is 27.7 Å². The van der Waals surface area contributed by atoms with E-state index < -0.39 is 0 Å². The molecule has 0 saturated carbocycles. The summed E-state index contributed by atoms with van der Waals surface area (Å²) in [7, 11) is 0. The normalized spacial score (nSPS) is 20.0. The standard InChI is InChI=1S/C9H14N2O.C2H6/c1-7(2)9(12)11-4-3-8(5-10)6-11;1-2/h7-8H,3-4,6H2,1-2H3;1-2H3. The first-order valence-electron chi connectivity index (χ1n) is 5.33. The van der Waals surface area contributed by atoms with E-state index in [0.717, 1.165) is 13.0 Å². The second kappa shape index (κ2) is 6.42. The van der Waals surface area contributed by atoms with Gasteiger partial charge in [0.2, 0.25) is 5.91 Å². The van der Waals surface area contributed by atoms with Gasteiger partial charge in [-0.2, -0.15) is 5.26 Å². The minimum Gasteiger partial charge on any atom is -0.341 e. The Hall–Kier alpha value is -1.04. The average molecular weight is 196 g/mol. The summed E-state index contributed by atoms with van der Waals surface area (Å²) in [6.45, 7) is 9.17. The second-order valence-electron chi connectivity index (χ2n) is 3.55. The molecule has 1 unspecified atom stereocenters. The maximum atomic E-state index is 11.4. The number of nitrogens with zero attached hydrogens (tertiary/aromatic N) is 2. The zero-order valence-electron chi connectivity index (χ0n) is 9.58. The van der Waals surface area contributed by atoms with Crippen molar-refractivity contribution in [2.45, 2.75) is 34.1 Å². The van der Waals surface area contributed by atoms with E-state index in [9.17, 15) is 4.79 Å². The van der Waals surface area contributed by atoms with E-state index in [1.165, 1.54) is 0 Å². The van der Waals surface area contributed by atoms with Crippen LogP contribution in [0.5, 0.6) is 0 Å². The molecule has 1 aliphatic rings. The number of nitriles is 1. The lowest BCUT2D eigenvalue weighted by Crippen LogP contribution is -2.32. The summed E-state index contributed by atoms with van der Waals surface area (Å²) >= 11 is 0. The third kappa shape index (κ3) is 3.37. The fourth-order valence-electron chi connectivity index (χ4n) is 1.43. The van der Waals surface area contributed by atoms with Crippen molar-refractivity contribution in [1.82, 2.24) is 4.90 Å². The first-order chi connectivity index (χ1) is 6.65. The lowest BCUT2D eigenvalue weighted by atomic mass is 10.1. The van der Waals surface area contributed by atoms with Crippen molar-refractivity contribution in [3.05, 3.63) is 0 Å². The number of likely N-dealkylation sites (tertiary alicyclic amines) is 1. The predicted octanol–water partition coefficient (Wildman–Crippen LogP) is 2.04. The van der Waals surface area contributed by atoms with Gasteiger partial charge in [-0.3, -0.25) is 4.79 Å². The molecule has 0 aromatic heterocycles. The number of rotatable bonds is 1. The topological polar surface area (TPSA) is 44.1 Å². The summed E-state index contributed by atoms with van der Waals surface area (Å²) in [5.74, 6) is 0.294. The second-order valence-corrected chi connectivity index (χ2v) is 3.55. The van der Waals surface area contributed by atoms with Gasteiger partial charge in [-0.15, -0.1) is 0 Å². The van der Waals surface area contributed by atoms with Gasteiger partial charge in [-0.25, -0.2) is 0 Å². The lowest BCUT2D eigenvalue weighted by Gasteiger charge is -2.17. The molecule has 3 nitrogen and oxygen atoms in total. The monoisotopic (exact) mass is 196 g/mol. The van der Waals surface area contributed by atoms with Crippen molar-refractivity contribution in [2.24, 2.45) is 11.8 Å². The summed E-state index contributed by atoms with van der Waals surface area (Å²) in [6.07, 6.45) is 0.842. The van der Waals surface area contributed by atoms with Crippen LogP contribution in [-0.2, 0) is 4.79 Å². The highest BCUT2D eigenvalue weighted by Crippen LogP contribution is 2.16. The third-order valence-electron chi connectivity index (χ3n) is 2.18. The molecule has 1 rings (SSSR count). The zero-order valence-corrected chi connectivity index (χ0v) is 9.58. The van der Waals surface area contributed by atoms with Crippen LogP contribution in [0, 0.1) is 23.2 Å². The molecule has 0 N–H and O–H groups in total. The first kappa shape index (κ1) is 13.0. The molecule has 0 aromatic carbocycles. The molecule has 3 heteroatoms. The van der Waals surface area contributed by atoms with Crippen LogP contribution in [0.15, 0.2) is 0 Å². The van der Waals surface area contributed by atoms with E-state index in [2.05, 4.69) is 6.07 Å². The van der Waals surface area contributed by atoms with E-state index in [-0.39, 0.29) is 17.7 Å². The highest BCUT2D eigenvalue weighted by molar-refractivity contribution is 5.78. The summed E-state index contributed by atoms with van der Waals surface area (Å²) in [4.78, 5) is 13.2. The number of carbonyl (C=O) groups is 1. The van der Waals surface area contributed by atoms with Gasteiger partial charge < -0.3 is 4.90 Å². The Morgan fingerprint density at radius 1 is 1.50 bits per heavy atom. The Balaban J connectivity index is 0.000000791. The summed E-state index contributed by atoms with van der Waals surface area (Å²) in [6, 6.07) is 2.19. The molecule has 14 heavy (non-hydrogen) atoms. The van der Waals surface area contributed by atoms with Gasteiger partial charge in [0.25, 0.3) is 0 Å². The quantitative estimate of drug-likeness (QED) is 0.644. The third-order valence-corrected chi connectivity index (χ3v) is 2.18. The molecular formula is C11H20N2O. The summed E-state index contributed by atoms with van der Waals surface area (Å²) in [5, 5.41) is 8.62.